The number of ether oxygens (including phenoxy) is 1. The van der Waals surface area contributed by atoms with Crippen LogP contribution in [0.4, 0.5) is 11.7 Å². The van der Waals surface area contributed by atoms with Crippen LogP contribution in [0.2, 0.25) is 0 Å². The van der Waals surface area contributed by atoms with E-state index in [4.69, 9.17) is 9.15 Å². The molecule has 0 radical (unpaired) electrons. The number of carbonyl (C=O) groups excluding carboxylic acids is 2. The summed E-state index contributed by atoms with van der Waals surface area (Å²) in [4.78, 5) is 25.2. The number of aromatic nitrogens is 2. The molecule has 0 saturated heterocycles. The van der Waals surface area contributed by atoms with Crippen LogP contribution in [0, 0.1) is 0 Å². The summed E-state index contributed by atoms with van der Waals surface area (Å²) in [5.41, 5.74) is 2.63. The third-order valence-corrected chi connectivity index (χ3v) is 5.64. The van der Waals surface area contributed by atoms with E-state index in [-0.39, 0.29) is 24.2 Å². The van der Waals surface area contributed by atoms with Crippen LogP contribution in [0.15, 0.2) is 95.4 Å². The lowest BCUT2D eigenvalue weighted by Crippen LogP contribution is -2.15. The Morgan fingerprint density at radius 1 is 0.833 bits per heavy atom. The van der Waals surface area contributed by atoms with Crippen LogP contribution in [-0.4, -0.2) is 29.1 Å². The summed E-state index contributed by atoms with van der Waals surface area (Å²) < 4.78 is 10.7. The van der Waals surface area contributed by atoms with Gasteiger partial charge in [-0.1, -0.05) is 47.6 Å². The van der Waals surface area contributed by atoms with E-state index in [0.717, 1.165) is 16.3 Å². The molecule has 0 atom stereocenters. The first-order valence-corrected chi connectivity index (χ1v) is 11.2. The van der Waals surface area contributed by atoms with Gasteiger partial charge in [-0.25, -0.2) is 0 Å². The number of carbonyl (C=O) groups is 2. The molecule has 0 aliphatic heterocycles. The molecule has 5 aromatic rings. The number of nitrogens with zero attached hydrogens (tertiary/aromatic N) is 2. The van der Waals surface area contributed by atoms with E-state index in [1.807, 2.05) is 42.5 Å². The van der Waals surface area contributed by atoms with Gasteiger partial charge in [0.2, 0.25) is 11.8 Å². The van der Waals surface area contributed by atoms with E-state index in [1.54, 1.807) is 55.6 Å². The lowest BCUT2D eigenvalue weighted by Gasteiger charge is -2.08. The molecule has 0 fully saturated rings. The van der Waals surface area contributed by atoms with Crippen molar-refractivity contribution in [3.8, 4) is 17.2 Å². The smallest absolute Gasteiger partial charge is 0.322 e. The molecule has 178 valence electrons. The molecule has 2 amide bonds. The van der Waals surface area contributed by atoms with Gasteiger partial charge in [-0.3, -0.25) is 14.9 Å². The zero-order valence-electron chi connectivity index (χ0n) is 19.4. The predicted molar refractivity (Wildman–Crippen MR) is 137 cm³/mol. The second-order valence-electron chi connectivity index (χ2n) is 8.04. The number of rotatable bonds is 7. The zero-order valence-corrected chi connectivity index (χ0v) is 19.4. The van der Waals surface area contributed by atoms with E-state index in [1.165, 1.54) is 0 Å². The molecular weight excluding hydrogens is 456 g/mol. The largest absolute Gasteiger partial charge is 0.497 e. The Kier molecular flexibility index (Phi) is 6.40. The normalized spacial score (nSPS) is 10.7. The van der Waals surface area contributed by atoms with Gasteiger partial charge in [0.25, 0.3) is 5.91 Å². The Morgan fingerprint density at radius 2 is 1.58 bits per heavy atom. The molecule has 0 saturated carbocycles. The van der Waals surface area contributed by atoms with Crippen molar-refractivity contribution >= 4 is 34.3 Å². The molecule has 36 heavy (non-hydrogen) atoms. The maximum absolute atomic E-state index is 12.6. The van der Waals surface area contributed by atoms with Crippen molar-refractivity contribution < 1.29 is 18.7 Å². The van der Waals surface area contributed by atoms with Gasteiger partial charge in [-0.05, 0) is 64.9 Å². The van der Waals surface area contributed by atoms with Crippen LogP contribution in [0.1, 0.15) is 15.9 Å². The first-order valence-electron chi connectivity index (χ1n) is 11.2. The summed E-state index contributed by atoms with van der Waals surface area (Å²) in [6.45, 7) is 0. The Bertz CT molecular complexity index is 1520. The monoisotopic (exact) mass is 478 g/mol. The first kappa shape index (κ1) is 22.8. The Morgan fingerprint density at radius 3 is 2.36 bits per heavy atom. The predicted octanol–water partition coefficient (Wildman–Crippen LogP) is 5.33. The molecule has 2 N–H and O–H groups in total. The molecule has 0 aliphatic carbocycles. The molecule has 5 rings (SSSR count). The van der Waals surface area contributed by atoms with Gasteiger partial charge in [0, 0.05) is 16.8 Å². The first-order chi connectivity index (χ1) is 17.6. The summed E-state index contributed by atoms with van der Waals surface area (Å²) in [5.74, 6) is 0.436. The van der Waals surface area contributed by atoms with Crippen molar-refractivity contribution in [2.45, 2.75) is 6.42 Å². The van der Waals surface area contributed by atoms with Gasteiger partial charge in [0.15, 0.2) is 0 Å². The Balaban J connectivity index is 1.20. The average molecular weight is 479 g/mol. The summed E-state index contributed by atoms with van der Waals surface area (Å²) >= 11 is 0. The fourth-order valence-electron chi connectivity index (χ4n) is 3.82. The molecule has 0 bridgehead atoms. The van der Waals surface area contributed by atoms with E-state index < -0.39 is 5.91 Å². The van der Waals surface area contributed by atoms with Crippen molar-refractivity contribution in [3.05, 3.63) is 102 Å². The Labute approximate surface area is 206 Å². The van der Waals surface area contributed by atoms with Crippen molar-refractivity contribution in [2.75, 3.05) is 17.7 Å². The highest BCUT2D eigenvalue weighted by Gasteiger charge is 2.14. The van der Waals surface area contributed by atoms with Gasteiger partial charge in [-0.15, -0.1) is 5.10 Å². The lowest BCUT2D eigenvalue weighted by molar-refractivity contribution is -0.115. The van der Waals surface area contributed by atoms with Crippen LogP contribution in [-0.2, 0) is 11.2 Å². The topological polar surface area (TPSA) is 106 Å². The summed E-state index contributed by atoms with van der Waals surface area (Å²) in [6, 6.07) is 27.6. The van der Waals surface area contributed by atoms with Gasteiger partial charge in [0.05, 0.1) is 13.5 Å². The summed E-state index contributed by atoms with van der Waals surface area (Å²) in [5, 5.41) is 15.5. The van der Waals surface area contributed by atoms with Crippen molar-refractivity contribution in [2.24, 2.45) is 0 Å². The second-order valence-corrected chi connectivity index (χ2v) is 8.04. The average Bonchev–Trinajstić information content (AvgIpc) is 3.38. The zero-order chi connectivity index (χ0) is 24.9. The molecule has 1 heterocycles. The number of hydrogen-bond acceptors (Lipinski definition) is 6. The van der Waals surface area contributed by atoms with E-state index in [9.17, 15) is 9.59 Å². The fraction of sp³-hybridized carbons (Fsp3) is 0.0714. The highest BCUT2D eigenvalue weighted by atomic mass is 16.5. The molecule has 0 spiro atoms. The second kappa shape index (κ2) is 10.1. The quantitative estimate of drug-likeness (QED) is 0.327. The molecule has 8 nitrogen and oxygen atoms in total. The molecule has 0 unspecified atom stereocenters. The van der Waals surface area contributed by atoms with E-state index in [2.05, 4.69) is 20.8 Å². The van der Waals surface area contributed by atoms with Crippen molar-refractivity contribution in [1.82, 2.24) is 10.2 Å². The summed E-state index contributed by atoms with van der Waals surface area (Å²) in [7, 11) is 1.59. The maximum Gasteiger partial charge on any atom is 0.322 e. The van der Waals surface area contributed by atoms with Crippen LogP contribution in [0.25, 0.3) is 22.2 Å². The molecular formula is C28H22N4O4. The van der Waals surface area contributed by atoms with E-state index >= 15 is 0 Å². The number of amides is 2. The number of methoxy groups -OCH3 is 1. The third-order valence-electron chi connectivity index (χ3n) is 5.64. The lowest BCUT2D eigenvalue weighted by atomic mass is 10.0. The van der Waals surface area contributed by atoms with Gasteiger partial charge < -0.3 is 14.5 Å². The number of nitrogens with one attached hydrogen (secondary N) is 2. The third kappa shape index (κ3) is 5.07. The highest BCUT2D eigenvalue weighted by Crippen LogP contribution is 2.23. The molecule has 1 aromatic heterocycles. The number of anilines is 2. The van der Waals surface area contributed by atoms with Crippen LogP contribution in [0.3, 0.4) is 0 Å². The van der Waals surface area contributed by atoms with E-state index in [0.29, 0.717) is 22.6 Å². The Hall–Kier alpha value is -4.98. The van der Waals surface area contributed by atoms with Crippen molar-refractivity contribution in [1.29, 1.82) is 0 Å². The van der Waals surface area contributed by atoms with Crippen LogP contribution in [0.5, 0.6) is 5.75 Å². The fourth-order valence-corrected chi connectivity index (χ4v) is 3.82. The highest BCUT2D eigenvalue weighted by molar-refractivity contribution is 6.03. The molecule has 0 aliphatic rings. The number of hydrogen-bond donors (Lipinski definition) is 2. The minimum Gasteiger partial charge on any atom is -0.497 e. The van der Waals surface area contributed by atoms with Gasteiger partial charge in [-0.2, -0.15) is 0 Å². The SMILES string of the molecule is COc1ccc(-c2nnc(NC(=O)c3ccc(NC(=O)Cc4cccc5ccccc45)cc3)o2)cc1. The van der Waals surface area contributed by atoms with Crippen molar-refractivity contribution in [3.63, 3.8) is 0 Å². The van der Waals surface area contributed by atoms with Gasteiger partial charge >= 0.3 is 6.01 Å². The van der Waals surface area contributed by atoms with Crippen LogP contribution < -0.4 is 15.4 Å². The minimum atomic E-state index is -0.409. The van der Waals surface area contributed by atoms with Gasteiger partial charge in [0.1, 0.15) is 5.75 Å². The molecule has 4 aromatic carbocycles. The number of benzene rings is 4. The maximum atomic E-state index is 12.6. The molecule has 8 heteroatoms. The minimum absolute atomic E-state index is 0.0155. The standard InChI is InChI=1S/C28H22N4O4/c1-35-23-15-11-20(12-16-23)27-31-32-28(36-27)30-26(34)19-9-13-22(14-10-19)29-25(33)17-21-7-4-6-18-5-2-3-8-24(18)21/h2-16H,17H2,1H3,(H,29,33)(H,30,32,34). The number of fused-ring (bicyclic) bond motifs is 1. The summed E-state index contributed by atoms with van der Waals surface area (Å²) in [6.07, 6.45) is 0.247. The van der Waals surface area contributed by atoms with Crippen LogP contribution >= 0.6 is 0 Å².